The van der Waals surface area contributed by atoms with Gasteiger partial charge in [-0.15, -0.1) is 0 Å². The van der Waals surface area contributed by atoms with Gasteiger partial charge in [0.15, 0.2) is 0 Å². The lowest BCUT2D eigenvalue weighted by Gasteiger charge is -2.04. The summed E-state index contributed by atoms with van der Waals surface area (Å²) < 4.78 is 5.11. The molecule has 0 radical (unpaired) electrons. The van der Waals surface area contributed by atoms with Crippen LogP contribution in [0.2, 0.25) is 10.0 Å². The van der Waals surface area contributed by atoms with Crippen LogP contribution in [0.15, 0.2) is 59.6 Å². The van der Waals surface area contributed by atoms with Crippen molar-refractivity contribution in [2.24, 2.45) is 4.99 Å². The van der Waals surface area contributed by atoms with Gasteiger partial charge in [0.05, 0.1) is 22.3 Å². The van der Waals surface area contributed by atoms with Crippen molar-refractivity contribution in [1.82, 2.24) is 4.98 Å². The number of hydrogen-bond acceptors (Lipinski definition) is 3. The molecule has 3 aromatic rings. The maximum absolute atomic E-state index is 12.2. The highest BCUT2D eigenvalue weighted by Crippen LogP contribution is 2.28. The van der Waals surface area contributed by atoms with Crippen molar-refractivity contribution < 1.29 is 9.53 Å². The molecule has 138 valence electrons. The zero-order valence-electron chi connectivity index (χ0n) is 14.7. The summed E-state index contributed by atoms with van der Waals surface area (Å²) in [6, 6.07) is 14.9. The minimum atomic E-state index is -0.416. The Labute approximate surface area is 167 Å². The van der Waals surface area contributed by atoms with E-state index in [0.29, 0.717) is 34.5 Å². The number of esters is 1. The first kappa shape index (κ1) is 19.2. The Hall–Kier alpha value is -2.56. The van der Waals surface area contributed by atoms with E-state index in [1.165, 1.54) is 0 Å². The lowest BCUT2D eigenvalue weighted by molar-refractivity contribution is -0.135. The number of nitrogens with zero attached hydrogens (tertiary/aromatic N) is 1. The molecule has 2 aromatic carbocycles. The van der Waals surface area contributed by atoms with Crippen LogP contribution in [-0.2, 0) is 9.53 Å². The summed E-state index contributed by atoms with van der Waals surface area (Å²) in [4.78, 5) is 19.9. The maximum Gasteiger partial charge on any atom is 0.352 e. The molecular weight excluding hydrogens is 383 g/mol. The first-order valence-corrected chi connectivity index (χ1v) is 9.26. The van der Waals surface area contributed by atoms with Gasteiger partial charge in [0, 0.05) is 23.0 Å². The first-order valence-electron chi connectivity index (χ1n) is 8.51. The smallest absolute Gasteiger partial charge is 0.352 e. The van der Waals surface area contributed by atoms with Crippen LogP contribution in [0, 0.1) is 0 Å². The van der Waals surface area contributed by atoms with Gasteiger partial charge < -0.3 is 9.72 Å². The number of carbonyl (C=O) groups excluding carboxylic acids is 1. The number of aromatic amines is 1. The number of nitrogens with one attached hydrogen (secondary N) is 1. The maximum atomic E-state index is 12.2. The molecule has 27 heavy (non-hydrogen) atoms. The molecule has 0 aliphatic carbocycles. The molecule has 0 bridgehead atoms. The third-order valence-corrected chi connectivity index (χ3v) is 4.54. The second-order valence-electron chi connectivity index (χ2n) is 5.80. The Morgan fingerprint density at radius 2 is 1.89 bits per heavy atom. The number of rotatable bonds is 6. The van der Waals surface area contributed by atoms with Crippen molar-refractivity contribution >= 4 is 57.5 Å². The number of allylic oxidation sites excluding steroid dienone is 1. The number of carbonyl (C=O) groups is 1. The molecule has 0 aliphatic rings. The van der Waals surface area contributed by atoms with Crippen molar-refractivity contribution in [3.8, 4) is 0 Å². The summed E-state index contributed by atoms with van der Waals surface area (Å²) in [5, 5.41) is 1.98. The van der Waals surface area contributed by atoms with E-state index in [1.807, 2.05) is 54.6 Å². The molecule has 6 heteroatoms. The molecule has 3 rings (SSSR count). The van der Waals surface area contributed by atoms with Gasteiger partial charge in [-0.1, -0.05) is 47.5 Å². The van der Waals surface area contributed by atoms with Gasteiger partial charge in [0.25, 0.3) is 0 Å². The van der Waals surface area contributed by atoms with E-state index in [9.17, 15) is 4.79 Å². The largest absolute Gasteiger partial charge is 0.461 e. The lowest BCUT2D eigenvalue weighted by atomic mass is 10.2. The lowest BCUT2D eigenvalue weighted by Crippen LogP contribution is -2.16. The fraction of sp³-hybridized carbons (Fsp3) is 0.143. The van der Waals surface area contributed by atoms with Gasteiger partial charge in [-0.2, -0.15) is 0 Å². The number of aliphatic imine (C=N–C) groups is 1. The SMILES string of the molecule is CCOC(=O)C(CC=Cc1cc2cc(Cl)c(Cl)cc2[nH]1)=Nc1ccccc1. The zero-order valence-corrected chi connectivity index (χ0v) is 16.2. The van der Waals surface area contributed by atoms with Crippen LogP contribution in [0.1, 0.15) is 19.0 Å². The summed E-state index contributed by atoms with van der Waals surface area (Å²) in [6.45, 7) is 2.08. The standard InChI is InChI=1S/C21H18Cl2N2O2/c1-2-27-21(26)19(24-15-7-4-3-5-8-15)10-6-9-16-11-14-12-17(22)18(23)13-20(14)25-16/h3-9,11-13,25H,2,10H2,1H3. The van der Waals surface area contributed by atoms with Crippen LogP contribution in [0.4, 0.5) is 5.69 Å². The Balaban J connectivity index is 1.80. The van der Waals surface area contributed by atoms with E-state index in [0.717, 1.165) is 16.6 Å². The second-order valence-corrected chi connectivity index (χ2v) is 6.61. The fourth-order valence-electron chi connectivity index (χ4n) is 2.58. The van der Waals surface area contributed by atoms with Crippen LogP contribution >= 0.6 is 23.2 Å². The number of H-pyrrole nitrogens is 1. The molecule has 0 unspecified atom stereocenters. The first-order chi connectivity index (χ1) is 13.1. The van der Waals surface area contributed by atoms with Crippen LogP contribution in [0.25, 0.3) is 17.0 Å². The number of para-hydroxylation sites is 1. The van der Waals surface area contributed by atoms with Crippen LogP contribution in [-0.4, -0.2) is 23.3 Å². The van der Waals surface area contributed by atoms with Gasteiger partial charge in [0.2, 0.25) is 0 Å². The molecule has 0 fully saturated rings. The third kappa shape index (κ3) is 5.00. The molecule has 4 nitrogen and oxygen atoms in total. The predicted octanol–water partition coefficient (Wildman–Crippen LogP) is 6.21. The molecular formula is C21H18Cl2N2O2. The average Bonchev–Trinajstić information content (AvgIpc) is 3.03. The Morgan fingerprint density at radius 3 is 2.63 bits per heavy atom. The number of hydrogen-bond donors (Lipinski definition) is 1. The van der Waals surface area contributed by atoms with Gasteiger partial charge in [-0.3, -0.25) is 0 Å². The molecule has 0 saturated carbocycles. The summed E-state index contributed by atoms with van der Waals surface area (Å²) >= 11 is 12.1. The number of aromatic nitrogens is 1. The minimum Gasteiger partial charge on any atom is -0.461 e. The van der Waals surface area contributed by atoms with E-state index >= 15 is 0 Å². The van der Waals surface area contributed by atoms with Crippen molar-refractivity contribution in [3.05, 3.63) is 70.3 Å². The number of benzene rings is 2. The Morgan fingerprint density at radius 1 is 1.15 bits per heavy atom. The van der Waals surface area contributed by atoms with Crippen molar-refractivity contribution in [3.63, 3.8) is 0 Å². The highest BCUT2D eigenvalue weighted by Gasteiger charge is 2.11. The monoisotopic (exact) mass is 400 g/mol. The van der Waals surface area contributed by atoms with E-state index < -0.39 is 5.97 Å². The molecule has 0 saturated heterocycles. The number of fused-ring (bicyclic) bond motifs is 1. The summed E-state index contributed by atoms with van der Waals surface area (Å²) in [7, 11) is 0. The van der Waals surface area contributed by atoms with Gasteiger partial charge >= 0.3 is 5.97 Å². The summed E-state index contributed by atoms with van der Waals surface area (Å²) in [5.74, 6) is -0.416. The topological polar surface area (TPSA) is 54.5 Å². The summed E-state index contributed by atoms with van der Waals surface area (Å²) in [6.07, 6.45) is 4.11. The van der Waals surface area contributed by atoms with Gasteiger partial charge in [-0.25, -0.2) is 9.79 Å². The fourth-order valence-corrected chi connectivity index (χ4v) is 2.92. The Kier molecular flexibility index (Phi) is 6.32. The minimum absolute atomic E-state index is 0.305. The predicted molar refractivity (Wildman–Crippen MR) is 112 cm³/mol. The number of halogens is 2. The molecule has 1 N–H and O–H groups in total. The van der Waals surface area contributed by atoms with Gasteiger partial charge in [-0.05, 0) is 43.3 Å². The van der Waals surface area contributed by atoms with E-state index in [-0.39, 0.29) is 0 Å². The second kappa shape index (κ2) is 8.89. The normalized spacial score (nSPS) is 12.0. The molecule has 1 heterocycles. The van der Waals surface area contributed by atoms with Crippen LogP contribution in [0.5, 0.6) is 0 Å². The summed E-state index contributed by atoms with van der Waals surface area (Å²) in [5.41, 5.74) is 2.84. The number of ether oxygens (including phenoxy) is 1. The van der Waals surface area contributed by atoms with E-state index in [1.54, 1.807) is 13.0 Å². The molecule has 0 spiro atoms. The molecule has 0 amide bonds. The molecule has 0 atom stereocenters. The van der Waals surface area contributed by atoms with Crippen LogP contribution < -0.4 is 0 Å². The zero-order chi connectivity index (χ0) is 19.2. The molecule has 1 aromatic heterocycles. The van der Waals surface area contributed by atoms with Crippen molar-refractivity contribution in [1.29, 1.82) is 0 Å². The van der Waals surface area contributed by atoms with Crippen molar-refractivity contribution in [2.75, 3.05) is 6.61 Å². The average molecular weight is 401 g/mol. The van der Waals surface area contributed by atoms with E-state index in [2.05, 4.69) is 9.98 Å². The highest BCUT2D eigenvalue weighted by molar-refractivity contribution is 6.42. The highest BCUT2D eigenvalue weighted by atomic mass is 35.5. The Bertz CT molecular complexity index is 969. The van der Waals surface area contributed by atoms with Crippen molar-refractivity contribution in [2.45, 2.75) is 13.3 Å². The van der Waals surface area contributed by atoms with Crippen LogP contribution in [0.3, 0.4) is 0 Å². The van der Waals surface area contributed by atoms with E-state index in [4.69, 9.17) is 27.9 Å². The quantitative estimate of drug-likeness (QED) is 0.394. The van der Waals surface area contributed by atoms with Gasteiger partial charge in [0.1, 0.15) is 5.71 Å². The molecule has 0 aliphatic heterocycles. The third-order valence-electron chi connectivity index (χ3n) is 3.82.